The lowest BCUT2D eigenvalue weighted by atomic mass is 10.0. The van der Waals surface area contributed by atoms with Crippen LogP contribution in [0.25, 0.3) is 16.6 Å². The van der Waals surface area contributed by atoms with Gasteiger partial charge in [-0.15, -0.1) is 0 Å². The fourth-order valence-electron chi connectivity index (χ4n) is 3.51. The van der Waals surface area contributed by atoms with Crippen LogP contribution in [0.4, 0.5) is 0 Å². The predicted octanol–water partition coefficient (Wildman–Crippen LogP) is 4.77. The minimum Gasteiger partial charge on any atom is -0.335 e. The number of hydrogen-bond acceptors (Lipinski definition) is 4. The van der Waals surface area contributed by atoms with Crippen LogP contribution in [-0.4, -0.2) is 37.6 Å². The van der Waals surface area contributed by atoms with Crippen molar-refractivity contribution >= 4 is 16.8 Å². The van der Waals surface area contributed by atoms with Crippen molar-refractivity contribution in [1.82, 2.24) is 24.6 Å². The molecular weight excluding hydrogens is 374 g/mol. The number of amides is 1. The van der Waals surface area contributed by atoms with Crippen LogP contribution in [0.15, 0.2) is 67.3 Å². The Balaban J connectivity index is 1.65. The molecule has 1 atom stereocenters. The maximum atomic E-state index is 13.5. The second-order valence-corrected chi connectivity index (χ2v) is 7.79. The molecule has 6 heteroatoms. The Morgan fingerprint density at radius 3 is 2.43 bits per heavy atom. The van der Waals surface area contributed by atoms with E-state index in [1.54, 1.807) is 15.9 Å². The van der Waals surface area contributed by atoms with Crippen LogP contribution in [0, 0.1) is 0 Å². The molecule has 0 unspecified atom stereocenters. The lowest BCUT2D eigenvalue weighted by Crippen LogP contribution is -2.30. The molecule has 2 aromatic heterocycles. The number of nitrogens with zero attached hydrogens (tertiary/aromatic N) is 5. The molecule has 1 amide bonds. The summed E-state index contributed by atoms with van der Waals surface area (Å²) < 4.78 is 1.71. The van der Waals surface area contributed by atoms with Crippen molar-refractivity contribution in [2.45, 2.75) is 32.7 Å². The number of para-hydroxylation sites is 1. The quantitative estimate of drug-likeness (QED) is 0.485. The lowest BCUT2D eigenvalue weighted by Gasteiger charge is -2.26. The van der Waals surface area contributed by atoms with E-state index in [0.717, 1.165) is 27.8 Å². The van der Waals surface area contributed by atoms with Gasteiger partial charge in [0.25, 0.3) is 5.91 Å². The summed E-state index contributed by atoms with van der Waals surface area (Å²) in [4.78, 5) is 24.0. The van der Waals surface area contributed by atoms with Crippen molar-refractivity contribution in [3.8, 4) is 5.69 Å². The van der Waals surface area contributed by atoms with Crippen LogP contribution in [0.5, 0.6) is 0 Å². The molecule has 0 N–H and O–H groups in total. The standard InChI is InChI=1S/C24H25N5O/c1-16(2)23-13-21(20-7-5-6-8-22(20)27-23)24(30)28(4)17(3)18-9-11-19(12-10-18)29-15-25-14-26-29/h5-17H,1-4H3/t17-/m1/s1. The van der Waals surface area contributed by atoms with Gasteiger partial charge in [0.1, 0.15) is 12.7 Å². The van der Waals surface area contributed by atoms with Crippen LogP contribution in [0.3, 0.4) is 0 Å². The van der Waals surface area contributed by atoms with Crippen LogP contribution >= 0.6 is 0 Å². The Hall–Kier alpha value is -3.54. The summed E-state index contributed by atoms with van der Waals surface area (Å²) in [7, 11) is 1.85. The molecule has 0 fully saturated rings. The number of aromatic nitrogens is 4. The minimum atomic E-state index is -0.0864. The molecule has 0 aliphatic rings. The van der Waals surface area contributed by atoms with E-state index in [1.807, 2.05) is 68.6 Å². The van der Waals surface area contributed by atoms with E-state index in [4.69, 9.17) is 4.98 Å². The zero-order valence-corrected chi connectivity index (χ0v) is 17.6. The van der Waals surface area contributed by atoms with Crippen molar-refractivity contribution in [2.75, 3.05) is 7.05 Å². The Morgan fingerprint density at radius 2 is 1.77 bits per heavy atom. The van der Waals surface area contributed by atoms with E-state index < -0.39 is 0 Å². The van der Waals surface area contributed by atoms with Gasteiger partial charge in [-0.3, -0.25) is 9.78 Å². The predicted molar refractivity (Wildman–Crippen MR) is 118 cm³/mol. The van der Waals surface area contributed by atoms with Crippen LogP contribution < -0.4 is 0 Å². The first-order valence-corrected chi connectivity index (χ1v) is 10.1. The first-order chi connectivity index (χ1) is 14.5. The summed E-state index contributed by atoms with van der Waals surface area (Å²) in [6.45, 7) is 6.22. The molecule has 30 heavy (non-hydrogen) atoms. The highest BCUT2D eigenvalue weighted by molar-refractivity contribution is 6.06. The molecule has 4 rings (SSSR count). The van der Waals surface area contributed by atoms with Crippen molar-refractivity contribution in [1.29, 1.82) is 0 Å². The topological polar surface area (TPSA) is 63.9 Å². The molecule has 6 nitrogen and oxygen atoms in total. The Bertz CT molecular complexity index is 1170. The zero-order chi connectivity index (χ0) is 21.3. The summed E-state index contributed by atoms with van der Waals surface area (Å²) in [5.41, 5.74) is 4.45. The number of carbonyl (C=O) groups is 1. The number of carbonyl (C=O) groups excluding carboxylic acids is 1. The third kappa shape index (κ3) is 3.68. The van der Waals surface area contributed by atoms with E-state index in [2.05, 4.69) is 23.9 Å². The van der Waals surface area contributed by atoms with Crippen LogP contribution in [-0.2, 0) is 0 Å². The third-order valence-electron chi connectivity index (χ3n) is 5.52. The highest BCUT2D eigenvalue weighted by Crippen LogP contribution is 2.27. The summed E-state index contributed by atoms with van der Waals surface area (Å²) in [5, 5.41) is 5.03. The van der Waals surface area contributed by atoms with Gasteiger partial charge in [-0.25, -0.2) is 9.67 Å². The molecule has 0 saturated heterocycles. The first-order valence-electron chi connectivity index (χ1n) is 10.1. The number of rotatable bonds is 5. The summed E-state index contributed by atoms with van der Waals surface area (Å²) in [5.74, 6) is 0.233. The van der Waals surface area contributed by atoms with E-state index in [0.29, 0.717) is 5.56 Å². The average molecular weight is 399 g/mol. The maximum absolute atomic E-state index is 13.5. The fourth-order valence-corrected chi connectivity index (χ4v) is 3.51. The van der Waals surface area contributed by atoms with Gasteiger partial charge in [0.15, 0.2) is 0 Å². The lowest BCUT2D eigenvalue weighted by molar-refractivity contribution is 0.0744. The smallest absolute Gasteiger partial charge is 0.254 e. The molecule has 0 aliphatic carbocycles. The second-order valence-electron chi connectivity index (χ2n) is 7.79. The summed E-state index contributed by atoms with van der Waals surface area (Å²) >= 11 is 0. The molecule has 0 aliphatic heterocycles. The molecule has 2 aromatic carbocycles. The Morgan fingerprint density at radius 1 is 1.03 bits per heavy atom. The molecule has 2 heterocycles. The molecule has 0 spiro atoms. The fraction of sp³-hybridized carbons (Fsp3) is 0.250. The number of benzene rings is 2. The molecule has 152 valence electrons. The van der Waals surface area contributed by atoms with Gasteiger partial charge < -0.3 is 4.90 Å². The van der Waals surface area contributed by atoms with Crippen LogP contribution in [0.1, 0.15) is 54.3 Å². The normalized spacial score (nSPS) is 12.3. The van der Waals surface area contributed by atoms with Gasteiger partial charge in [0.05, 0.1) is 22.8 Å². The van der Waals surface area contributed by atoms with Gasteiger partial charge in [-0.05, 0) is 42.7 Å². The van der Waals surface area contributed by atoms with Crippen molar-refractivity contribution in [3.63, 3.8) is 0 Å². The monoisotopic (exact) mass is 399 g/mol. The maximum Gasteiger partial charge on any atom is 0.254 e. The molecule has 4 aromatic rings. The van der Waals surface area contributed by atoms with E-state index in [9.17, 15) is 4.79 Å². The van der Waals surface area contributed by atoms with Gasteiger partial charge in [-0.1, -0.05) is 44.2 Å². The summed E-state index contributed by atoms with van der Waals surface area (Å²) in [6, 6.07) is 17.7. The molecule has 0 bridgehead atoms. The minimum absolute atomic E-state index is 0.0108. The second kappa shape index (κ2) is 8.06. The average Bonchev–Trinajstić information content (AvgIpc) is 3.32. The van der Waals surface area contributed by atoms with Gasteiger partial charge in [-0.2, -0.15) is 5.10 Å². The van der Waals surface area contributed by atoms with E-state index in [1.165, 1.54) is 6.33 Å². The summed E-state index contributed by atoms with van der Waals surface area (Å²) in [6.07, 6.45) is 3.17. The largest absolute Gasteiger partial charge is 0.335 e. The number of hydrogen-bond donors (Lipinski definition) is 0. The highest BCUT2D eigenvalue weighted by atomic mass is 16.2. The zero-order valence-electron chi connectivity index (χ0n) is 17.6. The van der Waals surface area contributed by atoms with Gasteiger partial charge in [0, 0.05) is 18.1 Å². The molecule has 0 radical (unpaired) electrons. The van der Waals surface area contributed by atoms with Gasteiger partial charge >= 0.3 is 0 Å². The van der Waals surface area contributed by atoms with Gasteiger partial charge in [0.2, 0.25) is 0 Å². The molecule has 0 saturated carbocycles. The van der Waals surface area contributed by atoms with Crippen LogP contribution in [0.2, 0.25) is 0 Å². The first kappa shape index (κ1) is 19.8. The molecular formula is C24H25N5O. The Labute approximate surface area is 176 Å². The number of fused-ring (bicyclic) bond motifs is 1. The third-order valence-corrected chi connectivity index (χ3v) is 5.52. The SMILES string of the molecule is CC(C)c1cc(C(=O)N(C)[C@H](C)c2ccc(-n3cncn3)cc2)c2ccccc2n1. The van der Waals surface area contributed by atoms with E-state index in [-0.39, 0.29) is 17.9 Å². The van der Waals surface area contributed by atoms with Crippen molar-refractivity contribution in [3.05, 3.63) is 84.1 Å². The van der Waals surface area contributed by atoms with Crippen molar-refractivity contribution < 1.29 is 4.79 Å². The van der Waals surface area contributed by atoms with E-state index >= 15 is 0 Å². The van der Waals surface area contributed by atoms with Crippen molar-refractivity contribution in [2.24, 2.45) is 0 Å². The number of pyridine rings is 1. The Kier molecular flexibility index (Phi) is 5.31. The highest BCUT2D eigenvalue weighted by Gasteiger charge is 2.22.